The van der Waals surface area contributed by atoms with E-state index in [-0.39, 0.29) is 11.8 Å². The van der Waals surface area contributed by atoms with Crippen LogP contribution in [0.2, 0.25) is 0 Å². The molecule has 2 aliphatic rings. The van der Waals surface area contributed by atoms with Gasteiger partial charge in [-0.25, -0.2) is 18.4 Å². The van der Waals surface area contributed by atoms with E-state index >= 15 is 0 Å². The van der Waals surface area contributed by atoms with Gasteiger partial charge in [0.2, 0.25) is 5.95 Å². The number of pyridine rings is 1. The molecular weight excluding hydrogens is 512 g/mol. The minimum absolute atomic E-state index is 0.186. The van der Waals surface area contributed by atoms with E-state index < -0.39 is 34.0 Å². The number of anilines is 2. The molecule has 12 heteroatoms. The average molecular weight is 547 g/mol. The van der Waals surface area contributed by atoms with Crippen molar-refractivity contribution in [3.63, 3.8) is 0 Å². The van der Waals surface area contributed by atoms with Crippen molar-refractivity contribution in [2.45, 2.75) is 71.2 Å². The Morgan fingerprint density at radius 1 is 1.08 bits per heavy atom. The Hall–Kier alpha value is -2.41. The van der Waals surface area contributed by atoms with E-state index in [1.807, 2.05) is 26.8 Å². The predicted molar refractivity (Wildman–Crippen MR) is 146 cm³/mol. The lowest BCUT2D eigenvalue weighted by Crippen LogP contribution is -2.36. The summed E-state index contributed by atoms with van der Waals surface area (Å²) in [5.41, 5.74) is 4.03. The fourth-order valence-corrected chi connectivity index (χ4v) is 7.57. The Morgan fingerprint density at radius 2 is 1.81 bits per heavy atom. The molecule has 200 valence electrons. The molecule has 5 atom stereocenters. The largest absolute Gasteiger partial charge is 0.390 e. The maximum Gasteiger partial charge on any atom is 0.225 e. The molecule has 3 aromatic rings. The topological polar surface area (TPSA) is 150 Å². The first-order chi connectivity index (χ1) is 17.4. The van der Waals surface area contributed by atoms with Crippen LogP contribution in [0.5, 0.6) is 0 Å². The van der Waals surface area contributed by atoms with Crippen molar-refractivity contribution in [1.29, 1.82) is 0 Å². The van der Waals surface area contributed by atoms with Crippen LogP contribution >= 0.6 is 11.3 Å². The van der Waals surface area contributed by atoms with Crippen molar-refractivity contribution in [3.8, 4) is 10.6 Å². The van der Waals surface area contributed by atoms with Gasteiger partial charge in [0.05, 0.1) is 39.5 Å². The van der Waals surface area contributed by atoms with Gasteiger partial charge in [-0.3, -0.25) is 4.98 Å². The van der Waals surface area contributed by atoms with Gasteiger partial charge in [0.25, 0.3) is 0 Å². The molecule has 0 aliphatic heterocycles. The van der Waals surface area contributed by atoms with Crippen LogP contribution in [0.4, 0.5) is 11.8 Å². The number of nitrogens with one attached hydrogen (secondary N) is 2. The zero-order chi connectivity index (χ0) is 26.6. The molecule has 0 amide bonds. The van der Waals surface area contributed by atoms with Crippen molar-refractivity contribution >= 4 is 43.2 Å². The first-order valence-electron chi connectivity index (χ1n) is 12.6. The van der Waals surface area contributed by atoms with Gasteiger partial charge in [0, 0.05) is 23.9 Å². The smallest absolute Gasteiger partial charge is 0.225 e. The van der Waals surface area contributed by atoms with Gasteiger partial charge >= 0.3 is 0 Å². The van der Waals surface area contributed by atoms with Crippen LogP contribution in [0.25, 0.3) is 20.8 Å². The summed E-state index contributed by atoms with van der Waals surface area (Å²) in [6.07, 6.45) is 1.52. The molecule has 10 nitrogen and oxygen atoms in total. The highest BCUT2D eigenvalue weighted by Gasteiger charge is 2.43. The number of rotatable bonds is 8. The molecule has 3 heterocycles. The molecule has 0 aromatic carbocycles. The third-order valence-electron chi connectivity index (χ3n) is 7.31. The Bertz CT molecular complexity index is 1440. The second-order valence-corrected chi connectivity index (χ2v) is 13.9. The predicted octanol–water partition coefficient (Wildman–Crippen LogP) is 2.85. The van der Waals surface area contributed by atoms with Crippen molar-refractivity contribution in [3.05, 3.63) is 23.1 Å². The van der Waals surface area contributed by atoms with E-state index in [0.717, 1.165) is 44.1 Å². The SMILES string of the molecule is Cc1cc2sc(-c3c(C)nc(N[C@H](C)C4CC4)nc3NC3C[C@H](CS(C)(=O)=O)[C@@H](O)[C@H]3O)nc2c(C)n1. The summed E-state index contributed by atoms with van der Waals surface area (Å²) in [5, 5.41) is 28.9. The summed E-state index contributed by atoms with van der Waals surface area (Å²) >= 11 is 1.53. The van der Waals surface area contributed by atoms with E-state index in [0.29, 0.717) is 24.1 Å². The molecular formula is C25H34N6O4S2. The highest BCUT2D eigenvalue weighted by Crippen LogP contribution is 2.39. The molecule has 4 N–H and O–H groups in total. The monoisotopic (exact) mass is 546 g/mol. The van der Waals surface area contributed by atoms with Gasteiger partial charge < -0.3 is 20.8 Å². The normalized spacial score (nSPS) is 24.9. The number of aliphatic hydroxyl groups is 2. The number of nitrogens with zero attached hydrogens (tertiary/aromatic N) is 4. The summed E-state index contributed by atoms with van der Waals surface area (Å²) in [7, 11) is -3.31. The molecule has 2 aliphatic carbocycles. The molecule has 0 saturated heterocycles. The van der Waals surface area contributed by atoms with Gasteiger partial charge in [-0.2, -0.15) is 4.98 Å². The van der Waals surface area contributed by atoms with E-state index in [1.165, 1.54) is 24.2 Å². The zero-order valence-corrected chi connectivity index (χ0v) is 23.3. The van der Waals surface area contributed by atoms with E-state index in [4.69, 9.17) is 15.0 Å². The van der Waals surface area contributed by atoms with Crippen molar-refractivity contribution in [2.24, 2.45) is 11.8 Å². The van der Waals surface area contributed by atoms with Gasteiger partial charge in [-0.15, -0.1) is 11.3 Å². The minimum atomic E-state index is -3.31. The highest BCUT2D eigenvalue weighted by molar-refractivity contribution is 7.90. The molecule has 1 unspecified atom stereocenters. The van der Waals surface area contributed by atoms with E-state index in [1.54, 1.807) is 0 Å². The lowest BCUT2D eigenvalue weighted by Gasteiger charge is -2.22. The molecule has 2 saturated carbocycles. The van der Waals surface area contributed by atoms with Crippen LogP contribution in [-0.2, 0) is 9.84 Å². The Kier molecular flexibility index (Phi) is 6.88. The van der Waals surface area contributed by atoms with Crippen LogP contribution in [-0.4, -0.2) is 74.9 Å². The molecule has 5 rings (SSSR count). The summed E-state index contributed by atoms with van der Waals surface area (Å²) in [6, 6.07) is 1.66. The second-order valence-electron chi connectivity index (χ2n) is 10.7. The van der Waals surface area contributed by atoms with Crippen LogP contribution in [0.15, 0.2) is 6.07 Å². The maximum atomic E-state index is 11.9. The van der Waals surface area contributed by atoms with Crippen molar-refractivity contribution < 1.29 is 18.6 Å². The summed E-state index contributed by atoms with van der Waals surface area (Å²) < 4.78 is 24.8. The molecule has 0 spiro atoms. The number of hydrogen-bond donors (Lipinski definition) is 4. The number of thiazole rings is 1. The molecule has 0 radical (unpaired) electrons. The lowest BCUT2D eigenvalue weighted by atomic mass is 10.1. The Labute approximate surface area is 220 Å². The van der Waals surface area contributed by atoms with Gasteiger partial charge in [-0.1, -0.05) is 0 Å². The second kappa shape index (κ2) is 9.72. The number of aryl methyl sites for hydroxylation is 3. The van der Waals surface area contributed by atoms with Gasteiger partial charge in [0.1, 0.15) is 32.3 Å². The fourth-order valence-electron chi connectivity index (χ4n) is 5.25. The van der Waals surface area contributed by atoms with Crippen LogP contribution in [0.3, 0.4) is 0 Å². The summed E-state index contributed by atoms with van der Waals surface area (Å²) in [4.78, 5) is 18.9. The number of aromatic nitrogens is 4. The molecule has 0 bridgehead atoms. The van der Waals surface area contributed by atoms with E-state index in [2.05, 4.69) is 22.5 Å². The summed E-state index contributed by atoms with van der Waals surface area (Å²) in [6.45, 7) is 7.92. The first kappa shape index (κ1) is 26.2. The molecule has 37 heavy (non-hydrogen) atoms. The van der Waals surface area contributed by atoms with Crippen LogP contribution in [0.1, 0.15) is 43.3 Å². The maximum absolute atomic E-state index is 11.9. The average Bonchev–Trinajstić information content (AvgIpc) is 3.51. The number of sulfone groups is 1. The van der Waals surface area contributed by atoms with Gasteiger partial charge in [-0.05, 0) is 58.9 Å². The van der Waals surface area contributed by atoms with Crippen LogP contribution in [0, 0.1) is 32.6 Å². The third-order valence-corrected chi connectivity index (χ3v) is 9.36. The standard InChI is InChI=1S/C25H34N6O4S2/c1-11-8-18-20(14(4)26-11)30-24(36-18)19-13(3)28-25(27-12(2)15-6-7-15)31-23(19)29-17-9-16(10-37(5,34)35)21(32)22(17)33/h8,12,15-17,21-22,32-33H,6-7,9-10H2,1-5H3,(H2,27,28,29,31)/t12-,16-,17?,21-,22+/m1/s1. The van der Waals surface area contributed by atoms with Crippen molar-refractivity contribution in [1.82, 2.24) is 19.9 Å². The Balaban J connectivity index is 1.54. The van der Waals surface area contributed by atoms with Gasteiger partial charge in [0.15, 0.2) is 0 Å². The first-order valence-corrected chi connectivity index (χ1v) is 15.5. The number of fused-ring (bicyclic) bond motifs is 1. The lowest BCUT2D eigenvalue weighted by molar-refractivity contribution is 0.0216. The number of aliphatic hydroxyl groups excluding tert-OH is 2. The quantitative estimate of drug-likeness (QED) is 0.332. The fraction of sp³-hybridized carbons (Fsp3) is 0.600. The third kappa shape index (κ3) is 5.57. The highest BCUT2D eigenvalue weighted by atomic mass is 32.2. The molecule has 3 aromatic heterocycles. The zero-order valence-electron chi connectivity index (χ0n) is 21.7. The number of hydrogen-bond acceptors (Lipinski definition) is 11. The Morgan fingerprint density at radius 3 is 2.49 bits per heavy atom. The van der Waals surface area contributed by atoms with Crippen LogP contribution < -0.4 is 10.6 Å². The minimum Gasteiger partial charge on any atom is -0.390 e. The summed E-state index contributed by atoms with van der Waals surface area (Å²) in [5.74, 6) is 0.829. The van der Waals surface area contributed by atoms with Crippen molar-refractivity contribution in [2.75, 3.05) is 22.6 Å². The molecule has 2 fully saturated rings. The van der Waals surface area contributed by atoms with E-state index in [9.17, 15) is 18.6 Å².